The maximum absolute atomic E-state index is 13.5. The summed E-state index contributed by atoms with van der Waals surface area (Å²) in [5.74, 6) is 0.0305. The Morgan fingerprint density at radius 2 is 1.70 bits per heavy atom. The summed E-state index contributed by atoms with van der Waals surface area (Å²) in [4.78, 5) is 32.9. The van der Waals surface area contributed by atoms with Crippen LogP contribution < -0.4 is 10.3 Å². The number of aromatic nitrogens is 1. The molecule has 0 saturated heterocycles. The summed E-state index contributed by atoms with van der Waals surface area (Å²) in [5, 5.41) is 1.30. The Kier molecular flexibility index (Phi) is 4.38. The van der Waals surface area contributed by atoms with E-state index in [1.54, 1.807) is 48.5 Å². The largest absolute Gasteiger partial charge is 0.450 e. The van der Waals surface area contributed by atoms with E-state index in [4.69, 9.17) is 27.6 Å². The molecule has 1 aliphatic rings. The third-order valence-electron chi connectivity index (χ3n) is 5.14. The molecule has 3 heterocycles. The molecule has 1 aliphatic heterocycles. The summed E-state index contributed by atoms with van der Waals surface area (Å²) in [7, 11) is 0. The number of benzene rings is 2. The van der Waals surface area contributed by atoms with Gasteiger partial charge in [0.2, 0.25) is 5.76 Å². The number of anilines is 1. The first kappa shape index (κ1) is 18.9. The zero-order valence-electron chi connectivity index (χ0n) is 15.7. The Balaban J connectivity index is 1.83. The normalized spacial score (nSPS) is 15.6. The number of hydrogen-bond acceptors (Lipinski definition) is 4. The second kappa shape index (κ2) is 6.97. The fourth-order valence-electron chi connectivity index (χ4n) is 3.80. The van der Waals surface area contributed by atoms with Gasteiger partial charge < -0.3 is 4.42 Å². The van der Waals surface area contributed by atoms with Gasteiger partial charge in [-0.2, -0.15) is 0 Å². The predicted molar refractivity (Wildman–Crippen MR) is 117 cm³/mol. The molecule has 5 rings (SSSR count). The lowest BCUT2D eigenvalue weighted by Gasteiger charge is -2.24. The lowest BCUT2D eigenvalue weighted by atomic mass is 9.98. The number of rotatable bonds is 2. The monoisotopic (exact) mass is 436 g/mol. The lowest BCUT2D eigenvalue weighted by Crippen LogP contribution is -2.30. The fourth-order valence-corrected chi connectivity index (χ4v) is 4.10. The van der Waals surface area contributed by atoms with Crippen molar-refractivity contribution in [2.75, 3.05) is 4.90 Å². The fraction of sp³-hybridized carbons (Fsp3) is 0.0870. The SMILES string of the molecule is Cc1cccc(N2C(=O)c3oc4ccc(Cl)cc4c(=O)c3[C@@H]2c2ccc(Cl)cc2)n1. The van der Waals surface area contributed by atoms with E-state index in [1.807, 2.05) is 19.1 Å². The van der Waals surface area contributed by atoms with Gasteiger partial charge in [-0.3, -0.25) is 14.5 Å². The second-order valence-electron chi connectivity index (χ2n) is 7.08. The third kappa shape index (κ3) is 2.90. The lowest BCUT2D eigenvalue weighted by molar-refractivity contribution is 0.0970. The molecule has 148 valence electrons. The van der Waals surface area contributed by atoms with Gasteiger partial charge in [-0.15, -0.1) is 0 Å². The van der Waals surface area contributed by atoms with E-state index in [9.17, 15) is 9.59 Å². The van der Waals surface area contributed by atoms with E-state index in [1.165, 1.54) is 4.90 Å². The molecule has 0 saturated carbocycles. The van der Waals surface area contributed by atoms with Crippen LogP contribution in [0.3, 0.4) is 0 Å². The molecule has 0 N–H and O–H groups in total. The van der Waals surface area contributed by atoms with Crippen LogP contribution in [0.25, 0.3) is 11.0 Å². The van der Waals surface area contributed by atoms with Crippen LogP contribution in [-0.2, 0) is 0 Å². The van der Waals surface area contributed by atoms with E-state index in [0.29, 0.717) is 26.8 Å². The quantitative estimate of drug-likeness (QED) is 0.412. The summed E-state index contributed by atoms with van der Waals surface area (Å²) in [6.07, 6.45) is 0. The van der Waals surface area contributed by atoms with Gasteiger partial charge in [-0.05, 0) is 55.0 Å². The van der Waals surface area contributed by atoms with Gasteiger partial charge in [-0.25, -0.2) is 4.98 Å². The molecule has 30 heavy (non-hydrogen) atoms. The highest BCUT2D eigenvalue weighted by Gasteiger charge is 2.44. The number of nitrogens with zero attached hydrogens (tertiary/aromatic N) is 2. The summed E-state index contributed by atoms with van der Waals surface area (Å²) in [6, 6.07) is 16.5. The molecule has 7 heteroatoms. The number of hydrogen-bond donors (Lipinski definition) is 0. The van der Waals surface area contributed by atoms with Crippen LogP contribution in [0.15, 0.2) is 69.9 Å². The summed E-state index contributed by atoms with van der Waals surface area (Å²) < 4.78 is 5.91. The number of halogens is 2. The van der Waals surface area contributed by atoms with Gasteiger partial charge >= 0.3 is 0 Å². The van der Waals surface area contributed by atoms with Crippen molar-refractivity contribution in [3.8, 4) is 0 Å². The number of amides is 1. The van der Waals surface area contributed by atoms with E-state index in [-0.39, 0.29) is 16.8 Å². The Morgan fingerprint density at radius 1 is 0.967 bits per heavy atom. The molecule has 0 spiro atoms. The number of fused-ring (bicyclic) bond motifs is 2. The van der Waals surface area contributed by atoms with E-state index >= 15 is 0 Å². The number of carbonyl (C=O) groups excluding carboxylic acids is 1. The smallest absolute Gasteiger partial charge is 0.296 e. The van der Waals surface area contributed by atoms with E-state index in [0.717, 1.165) is 11.3 Å². The van der Waals surface area contributed by atoms with Crippen molar-refractivity contribution >= 4 is 45.9 Å². The Bertz CT molecular complexity index is 1380. The first-order valence-electron chi connectivity index (χ1n) is 9.23. The van der Waals surface area contributed by atoms with Gasteiger partial charge in [0, 0.05) is 15.7 Å². The molecule has 1 amide bonds. The maximum atomic E-state index is 13.5. The minimum Gasteiger partial charge on any atom is -0.450 e. The van der Waals surface area contributed by atoms with Crippen LogP contribution in [-0.4, -0.2) is 10.9 Å². The van der Waals surface area contributed by atoms with Crippen molar-refractivity contribution in [2.45, 2.75) is 13.0 Å². The van der Waals surface area contributed by atoms with Crippen LogP contribution in [0.5, 0.6) is 0 Å². The first-order chi connectivity index (χ1) is 14.4. The Labute approximate surface area is 181 Å². The Morgan fingerprint density at radius 3 is 2.43 bits per heavy atom. The van der Waals surface area contributed by atoms with Gasteiger partial charge in [0.05, 0.1) is 17.0 Å². The number of pyridine rings is 1. The molecule has 5 nitrogen and oxygen atoms in total. The average molecular weight is 437 g/mol. The molecule has 4 aromatic rings. The molecule has 0 unspecified atom stereocenters. The first-order valence-corrected chi connectivity index (χ1v) is 9.98. The van der Waals surface area contributed by atoms with Crippen molar-refractivity contribution in [1.82, 2.24) is 4.98 Å². The van der Waals surface area contributed by atoms with Crippen molar-refractivity contribution in [3.63, 3.8) is 0 Å². The van der Waals surface area contributed by atoms with Crippen molar-refractivity contribution in [3.05, 3.63) is 104 Å². The highest BCUT2D eigenvalue weighted by atomic mass is 35.5. The van der Waals surface area contributed by atoms with Gasteiger partial charge in [0.15, 0.2) is 5.43 Å². The third-order valence-corrected chi connectivity index (χ3v) is 5.63. The van der Waals surface area contributed by atoms with Crippen molar-refractivity contribution < 1.29 is 9.21 Å². The summed E-state index contributed by atoms with van der Waals surface area (Å²) in [5.41, 5.74) is 1.76. The molecule has 2 aromatic heterocycles. The standard InChI is InChI=1S/C23H14Cl2N2O3/c1-12-3-2-4-18(26-12)27-20(13-5-7-14(24)8-6-13)19-21(28)16-11-15(25)9-10-17(16)30-22(19)23(27)29/h2-11,20H,1H3/t20-/m0/s1. The van der Waals surface area contributed by atoms with Gasteiger partial charge in [0.25, 0.3) is 5.91 Å². The molecule has 1 atom stereocenters. The molecule has 0 bridgehead atoms. The van der Waals surface area contributed by atoms with Crippen LogP contribution in [0.2, 0.25) is 10.0 Å². The molecule has 2 aromatic carbocycles. The van der Waals surface area contributed by atoms with E-state index < -0.39 is 11.9 Å². The number of carbonyl (C=O) groups is 1. The maximum Gasteiger partial charge on any atom is 0.296 e. The summed E-state index contributed by atoms with van der Waals surface area (Å²) in [6.45, 7) is 1.84. The highest BCUT2D eigenvalue weighted by Crippen LogP contribution is 2.41. The van der Waals surface area contributed by atoms with Crippen molar-refractivity contribution in [2.24, 2.45) is 0 Å². The molecule has 0 fully saturated rings. The zero-order valence-corrected chi connectivity index (χ0v) is 17.2. The van der Waals surface area contributed by atoms with Crippen LogP contribution in [0.1, 0.15) is 33.4 Å². The minimum absolute atomic E-state index is 0.0121. The second-order valence-corrected chi connectivity index (χ2v) is 7.95. The highest BCUT2D eigenvalue weighted by molar-refractivity contribution is 6.31. The zero-order chi connectivity index (χ0) is 21.0. The molecular weight excluding hydrogens is 423 g/mol. The predicted octanol–water partition coefficient (Wildman–Crippen LogP) is 5.55. The molecule has 0 aliphatic carbocycles. The molecule has 0 radical (unpaired) electrons. The average Bonchev–Trinajstić information content (AvgIpc) is 3.02. The topological polar surface area (TPSA) is 63.4 Å². The van der Waals surface area contributed by atoms with Crippen LogP contribution >= 0.6 is 23.2 Å². The Hall–Kier alpha value is -3.15. The van der Waals surface area contributed by atoms with Gasteiger partial charge in [0.1, 0.15) is 11.4 Å². The van der Waals surface area contributed by atoms with E-state index in [2.05, 4.69) is 4.98 Å². The minimum atomic E-state index is -0.696. The number of aryl methyl sites for hydroxylation is 1. The van der Waals surface area contributed by atoms with Crippen LogP contribution in [0.4, 0.5) is 5.82 Å². The molecular formula is C23H14Cl2N2O3. The van der Waals surface area contributed by atoms with Crippen molar-refractivity contribution in [1.29, 1.82) is 0 Å². The van der Waals surface area contributed by atoms with Gasteiger partial charge in [-0.1, -0.05) is 41.4 Å². The van der Waals surface area contributed by atoms with Crippen LogP contribution in [0, 0.1) is 6.92 Å². The summed E-state index contributed by atoms with van der Waals surface area (Å²) >= 11 is 12.2.